The largest absolute Gasteiger partial charge is 0.322 e. The molecule has 0 radical (unpaired) electrons. The van der Waals surface area contributed by atoms with Gasteiger partial charge in [0.15, 0.2) is 0 Å². The Balaban J connectivity index is 1.38. The molecule has 0 bridgehead atoms. The molecular weight excluding hydrogens is 410 g/mol. The molecule has 1 aliphatic heterocycles. The van der Waals surface area contributed by atoms with Gasteiger partial charge in [0.1, 0.15) is 0 Å². The summed E-state index contributed by atoms with van der Waals surface area (Å²) >= 11 is 0. The molecule has 0 saturated carbocycles. The zero-order valence-electron chi connectivity index (χ0n) is 18.7. The van der Waals surface area contributed by atoms with Crippen LogP contribution in [0.1, 0.15) is 37.5 Å². The number of aromatic nitrogens is 1. The Hall–Kier alpha value is -4.12. The Morgan fingerprint density at radius 3 is 2.21 bits per heavy atom. The van der Waals surface area contributed by atoms with Crippen LogP contribution in [-0.4, -0.2) is 22.9 Å². The van der Waals surface area contributed by atoms with E-state index in [0.717, 1.165) is 28.9 Å². The number of rotatable bonds is 3. The van der Waals surface area contributed by atoms with Crippen molar-refractivity contribution in [3.8, 4) is 5.69 Å². The number of anilines is 2. The maximum absolute atomic E-state index is 13.5. The van der Waals surface area contributed by atoms with Crippen LogP contribution in [0, 0.1) is 13.8 Å². The van der Waals surface area contributed by atoms with Crippen LogP contribution in [0.4, 0.5) is 11.4 Å². The van der Waals surface area contributed by atoms with E-state index in [2.05, 4.69) is 16.0 Å². The highest BCUT2D eigenvalue weighted by molar-refractivity contribution is 6.09. The number of carbonyl (C=O) groups excluding carboxylic acids is 2. The van der Waals surface area contributed by atoms with Crippen LogP contribution in [0.3, 0.4) is 0 Å². The molecule has 1 N–H and O–H groups in total. The van der Waals surface area contributed by atoms with Crippen LogP contribution in [0.5, 0.6) is 0 Å². The van der Waals surface area contributed by atoms with Crippen molar-refractivity contribution in [1.29, 1.82) is 0 Å². The predicted molar refractivity (Wildman–Crippen MR) is 131 cm³/mol. The number of carbonyl (C=O) groups is 2. The molecule has 33 heavy (non-hydrogen) atoms. The monoisotopic (exact) mass is 435 g/mol. The van der Waals surface area contributed by atoms with Crippen molar-refractivity contribution in [2.45, 2.75) is 20.3 Å². The molecule has 0 saturated heterocycles. The van der Waals surface area contributed by atoms with E-state index >= 15 is 0 Å². The standard InChI is InChI=1S/C28H25N3O2/c1-19-7-5-8-20(2)26(19)27(32)29-22-14-12-21(13-15-22)28(33)31-18-16-23-9-6-17-30(23)24-10-3-4-11-25(24)31/h3-15,17H,16,18H2,1-2H3,(H,29,32). The lowest BCUT2D eigenvalue weighted by molar-refractivity contribution is 0.0986. The van der Waals surface area contributed by atoms with Crippen LogP contribution >= 0.6 is 0 Å². The summed E-state index contributed by atoms with van der Waals surface area (Å²) in [6.45, 7) is 4.46. The van der Waals surface area contributed by atoms with E-state index in [0.29, 0.717) is 23.4 Å². The molecule has 4 aromatic rings. The molecule has 3 aromatic carbocycles. The minimum atomic E-state index is -0.145. The van der Waals surface area contributed by atoms with Gasteiger partial charge in [-0.3, -0.25) is 9.59 Å². The van der Waals surface area contributed by atoms with Crippen molar-refractivity contribution in [2.75, 3.05) is 16.8 Å². The van der Waals surface area contributed by atoms with Crippen molar-refractivity contribution in [3.63, 3.8) is 0 Å². The Bertz CT molecular complexity index is 1330. The molecular formula is C28H25N3O2. The Morgan fingerprint density at radius 2 is 1.48 bits per heavy atom. The second kappa shape index (κ2) is 8.43. The van der Waals surface area contributed by atoms with Crippen LogP contribution in [-0.2, 0) is 6.42 Å². The van der Waals surface area contributed by atoms with Gasteiger partial charge in [0.2, 0.25) is 0 Å². The van der Waals surface area contributed by atoms with Crippen molar-refractivity contribution >= 4 is 23.2 Å². The molecule has 1 aliphatic rings. The average Bonchev–Trinajstić information content (AvgIpc) is 3.22. The van der Waals surface area contributed by atoms with E-state index in [-0.39, 0.29) is 11.8 Å². The summed E-state index contributed by atoms with van der Waals surface area (Å²) in [5.41, 5.74) is 6.87. The molecule has 0 unspecified atom stereocenters. The first-order valence-corrected chi connectivity index (χ1v) is 11.1. The number of nitrogens with one attached hydrogen (secondary N) is 1. The third-order valence-electron chi connectivity index (χ3n) is 6.20. The summed E-state index contributed by atoms with van der Waals surface area (Å²) in [4.78, 5) is 28.1. The van der Waals surface area contributed by atoms with Gasteiger partial charge in [0.05, 0.1) is 11.4 Å². The van der Waals surface area contributed by atoms with Gasteiger partial charge in [-0.25, -0.2) is 0 Å². The first-order chi connectivity index (χ1) is 16.0. The minimum Gasteiger partial charge on any atom is -0.322 e. The molecule has 0 atom stereocenters. The Morgan fingerprint density at radius 1 is 0.788 bits per heavy atom. The molecule has 0 fully saturated rings. The van der Waals surface area contributed by atoms with E-state index in [9.17, 15) is 9.59 Å². The molecule has 0 aliphatic carbocycles. The number of aryl methyl sites for hydroxylation is 2. The highest BCUT2D eigenvalue weighted by Gasteiger charge is 2.24. The van der Waals surface area contributed by atoms with E-state index in [1.165, 1.54) is 5.69 Å². The molecule has 5 rings (SSSR count). The average molecular weight is 436 g/mol. The van der Waals surface area contributed by atoms with E-state index in [4.69, 9.17) is 0 Å². The van der Waals surface area contributed by atoms with Crippen molar-refractivity contribution < 1.29 is 9.59 Å². The smallest absolute Gasteiger partial charge is 0.258 e. The molecule has 164 valence electrons. The number of hydrogen-bond donors (Lipinski definition) is 1. The van der Waals surface area contributed by atoms with Gasteiger partial charge in [0.25, 0.3) is 11.8 Å². The Kier molecular flexibility index (Phi) is 5.31. The van der Waals surface area contributed by atoms with Crippen molar-refractivity contribution in [3.05, 3.63) is 113 Å². The van der Waals surface area contributed by atoms with Crippen LogP contribution in [0.15, 0.2) is 85.1 Å². The number of amides is 2. The van der Waals surface area contributed by atoms with Gasteiger partial charge in [-0.2, -0.15) is 0 Å². The third kappa shape index (κ3) is 3.82. The molecule has 0 spiro atoms. The number of hydrogen-bond acceptors (Lipinski definition) is 2. The summed E-state index contributed by atoms with van der Waals surface area (Å²) in [6.07, 6.45) is 2.81. The van der Waals surface area contributed by atoms with E-state index in [1.54, 1.807) is 24.3 Å². The summed E-state index contributed by atoms with van der Waals surface area (Å²) in [5, 5.41) is 2.95. The molecule has 2 heterocycles. The van der Waals surface area contributed by atoms with Crippen molar-refractivity contribution in [1.82, 2.24) is 4.57 Å². The molecule has 1 aromatic heterocycles. The van der Waals surface area contributed by atoms with Crippen LogP contribution in [0.2, 0.25) is 0 Å². The second-order valence-electron chi connectivity index (χ2n) is 8.36. The highest BCUT2D eigenvalue weighted by atomic mass is 16.2. The van der Waals surface area contributed by atoms with Gasteiger partial charge in [-0.05, 0) is 73.5 Å². The predicted octanol–water partition coefficient (Wildman–Crippen LogP) is 5.55. The maximum Gasteiger partial charge on any atom is 0.258 e. The fourth-order valence-corrected chi connectivity index (χ4v) is 4.53. The summed E-state index contributed by atoms with van der Waals surface area (Å²) < 4.78 is 2.15. The van der Waals surface area contributed by atoms with Gasteiger partial charge in [-0.15, -0.1) is 0 Å². The SMILES string of the molecule is Cc1cccc(C)c1C(=O)Nc1ccc(C(=O)N2CCc3cccn3-c3ccccc32)cc1. The lowest BCUT2D eigenvalue weighted by atomic mass is 10.0. The van der Waals surface area contributed by atoms with E-state index < -0.39 is 0 Å². The lowest BCUT2D eigenvalue weighted by Crippen LogP contribution is -2.32. The molecule has 5 nitrogen and oxygen atoms in total. The second-order valence-corrected chi connectivity index (χ2v) is 8.36. The Labute approximate surface area is 193 Å². The van der Waals surface area contributed by atoms with Crippen LogP contribution < -0.4 is 10.2 Å². The number of para-hydroxylation sites is 2. The zero-order valence-corrected chi connectivity index (χ0v) is 18.7. The van der Waals surface area contributed by atoms with Gasteiger partial charge >= 0.3 is 0 Å². The summed E-state index contributed by atoms with van der Waals surface area (Å²) in [6, 6.07) is 25.0. The minimum absolute atomic E-state index is 0.0548. The summed E-state index contributed by atoms with van der Waals surface area (Å²) in [5.74, 6) is -0.200. The first kappa shape index (κ1) is 20.8. The number of fused-ring (bicyclic) bond motifs is 3. The third-order valence-corrected chi connectivity index (χ3v) is 6.20. The van der Waals surface area contributed by atoms with Gasteiger partial charge in [0, 0.05) is 41.7 Å². The van der Waals surface area contributed by atoms with Crippen LogP contribution in [0.25, 0.3) is 5.69 Å². The highest BCUT2D eigenvalue weighted by Crippen LogP contribution is 2.30. The summed E-state index contributed by atoms with van der Waals surface area (Å²) in [7, 11) is 0. The zero-order chi connectivity index (χ0) is 22.9. The van der Waals surface area contributed by atoms with Crippen molar-refractivity contribution in [2.24, 2.45) is 0 Å². The fourth-order valence-electron chi connectivity index (χ4n) is 4.53. The molecule has 2 amide bonds. The van der Waals surface area contributed by atoms with Gasteiger partial charge < -0.3 is 14.8 Å². The maximum atomic E-state index is 13.5. The first-order valence-electron chi connectivity index (χ1n) is 11.1. The van der Waals surface area contributed by atoms with E-state index in [1.807, 2.05) is 73.5 Å². The van der Waals surface area contributed by atoms with Gasteiger partial charge in [-0.1, -0.05) is 30.3 Å². The topological polar surface area (TPSA) is 54.3 Å². The lowest BCUT2D eigenvalue weighted by Gasteiger charge is -2.23. The normalized spacial score (nSPS) is 12.5. The number of benzene rings is 3. The number of nitrogens with zero attached hydrogens (tertiary/aromatic N) is 2. The quantitative estimate of drug-likeness (QED) is 0.459. The fraction of sp³-hybridized carbons (Fsp3) is 0.143. The molecule has 5 heteroatoms.